The number of aliphatic imine (C=N–C) groups is 1. The molecule has 2 fully saturated rings. The molecule has 1 aromatic rings. The van der Waals surface area contributed by atoms with Crippen LogP contribution in [-0.2, 0) is 11.3 Å². The minimum Gasteiger partial charge on any atom is -0.292 e. The van der Waals surface area contributed by atoms with Crippen molar-refractivity contribution in [2.75, 3.05) is 33.7 Å². The van der Waals surface area contributed by atoms with Gasteiger partial charge in [0.2, 0.25) is 0 Å². The van der Waals surface area contributed by atoms with Crippen molar-refractivity contribution in [1.82, 2.24) is 14.7 Å². The van der Waals surface area contributed by atoms with Gasteiger partial charge in [-0.3, -0.25) is 19.5 Å². The van der Waals surface area contributed by atoms with Crippen LogP contribution in [0.3, 0.4) is 0 Å². The van der Waals surface area contributed by atoms with E-state index in [1.807, 2.05) is 4.58 Å². The molecule has 0 radical (unpaired) electrons. The Morgan fingerprint density at radius 1 is 1.07 bits per heavy atom. The topological polar surface area (TPSA) is 59.2 Å². The smallest absolute Gasteiger partial charge is 0.292 e. The van der Waals surface area contributed by atoms with Gasteiger partial charge in [0.15, 0.2) is 0 Å². The highest BCUT2D eigenvalue weighted by Gasteiger charge is 2.53. The van der Waals surface area contributed by atoms with E-state index in [2.05, 4.69) is 18.7 Å². The van der Waals surface area contributed by atoms with E-state index in [0.29, 0.717) is 30.8 Å². The number of rotatable bonds is 4. The van der Waals surface area contributed by atoms with E-state index in [9.17, 15) is 14.0 Å². The molecule has 3 amide bonds. The number of hydrogen-bond acceptors (Lipinski definition) is 4. The van der Waals surface area contributed by atoms with Crippen molar-refractivity contribution in [3.63, 3.8) is 0 Å². The summed E-state index contributed by atoms with van der Waals surface area (Å²) >= 11 is 0. The number of hydrogen-bond donors (Lipinski definition) is 0. The van der Waals surface area contributed by atoms with E-state index in [1.165, 1.54) is 30.5 Å². The predicted molar refractivity (Wildman–Crippen MR) is 112 cm³/mol. The molecule has 3 heterocycles. The Morgan fingerprint density at radius 2 is 1.70 bits per heavy atom. The first-order valence-electron chi connectivity index (χ1n) is 10.5. The van der Waals surface area contributed by atoms with Crippen LogP contribution < -0.4 is 0 Å². The van der Waals surface area contributed by atoms with Crippen molar-refractivity contribution < 1.29 is 18.6 Å². The van der Waals surface area contributed by atoms with Crippen molar-refractivity contribution in [2.24, 2.45) is 16.8 Å². The summed E-state index contributed by atoms with van der Waals surface area (Å²) in [6, 6.07) is 5.27. The van der Waals surface area contributed by atoms with E-state index in [0.717, 1.165) is 29.4 Å². The zero-order chi connectivity index (χ0) is 21.6. The highest BCUT2D eigenvalue weighted by molar-refractivity contribution is 6.23. The average molecular weight is 415 g/mol. The summed E-state index contributed by atoms with van der Waals surface area (Å²) in [7, 11) is 3.15. The first-order valence-corrected chi connectivity index (χ1v) is 10.5. The zero-order valence-electron chi connectivity index (χ0n) is 18.0. The number of likely N-dealkylation sites (N-methyl/N-ethyl adjacent to an activating group) is 2. The largest absolute Gasteiger partial charge is 0.333 e. The van der Waals surface area contributed by atoms with Crippen LogP contribution in [0.4, 0.5) is 9.18 Å². The second-order valence-electron chi connectivity index (χ2n) is 8.92. The van der Waals surface area contributed by atoms with Crippen LogP contribution >= 0.6 is 0 Å². The molecule has 3 aliphatic rings. The number of carbonyl (C=O) groups is 2. The van der Waals surface area contributed by atoms with Gasteiger partial charge < -0.3 is 0 Å². The van der Waals surface area contributed by atoms with Gasteiger partial charge in [0, 0.05) is 27.2 Å². The normalized spacial score (nSPS) is 27.6. The fourth-order valence-corrected chi connectivity index (χ4v) is 4.87. The van der Waals surface area contributed by atoms with Crippen molar-refractivity contribution >= 4 is 23.6 Å². The molecule has 4 rings (SSSR count). The molecule has 0 saturated carbocycles. The minimum atomic E-state index is -0.641. The van der Waals surface area contributed by atoms with Crippen LogP contribution in [0.2, 0.25) is 0 Å². The fourth-order valence-electron chi connectivity index (χ4n) is 4.87. The lowest BCUT2D eigenvalue weighted by Gasteiger charge is -2.34. The molecule has 3 aliphatic heterocycles. The number of amidine groups is 2. The number of benzene rings is 1. The molecular weight excluding hydrogens is 385 g/mol. The van der Waals surface area contributed by atoms with Gasteiger partial charge in [0.25, 0.3) is 17.8 Å². The molecule has 8 heteroatoms. The summed E-state index contributed by atoms with van der Waals surface area (Å²) in [5, 5.41) is 0. The lowest BCUT2D eigenvalue weighted by atomic mass is 9.92. The van der Waals surface area contributed by atoms with Gasteiger partial charge >= 0.3 is 11.9 Å². The Hall–Kier alpha value is -2.61. The van der Waals surface area contributed by atoms with Gasteiger partial charge in [-0.1, -0.05) is 26.0 Å². The van der Waals surface area contributed by atoms with E-state index in [4.69, 9.17) is 4.99 Å². The van der Waals surface area contributed by atoms with Gasteiger partial charge in [-0.05, 0) is 40.9 Å². The third-order valence-corrected chi connectivity index (χ3v) is 6.19. The van der Waals surface area contributed by atoms with Crippen molar-refractivity contribution in [1.29, 1.82) is 0 Å². The van der Waals surface area contributed by atoms with E-state index < -0.39 is 6.04 Å². The van der Waals surface area contributed by atoms with Crippen LogP contribution in [0.15, 0.2) is 29.3 Å². The maximum atomic E-state index is 13.4. The number of amides is 3. The van der Waals surface area contributed by atoms with Crippen LogP contribution in [0, 0.1) is 17.7 Å². The van der Waals surface area contributed by atoms with Crippen molar-refractivity contribution in [2.45, 2.75) is 32.9 Å². The molecule has 30 heavy (non-hydrogen) atoms. The van der Waals surface area contributed by atoms with Crippen LogP contribution in [-0.4, -0.2) is 82.7 Å². The Labute approximate surface area is 176 Å². The Balaban J connectivity index is 1.69. The third kappa shape index (κ3) is 3.76. The molecule has 0 bridgehead atoms. The minimum absolute atomic E-state index is 0.283. The molecule has 2 saturated heterocycles. The van der Waals surface area contributed by atoms with Crippen LogP contribution in [0.25, 0.3) is 0 Å². The quantitative estimate of drug-likeness (QED) is 0.709. The first kappa shape index (κ1) is 20.7. The summed E-state index contributed by atoms with van der Waals surface area (Å²) in [6.45, 7) is 7.53. The molecular formula is C22H29FN5O2+. The summed E-state index contributed by atoms with van der Waals surface area (Å²) in [6.07, 6.45) is 1.21. The average Bonchev–Trinajstić information content (AvgIpc) is 3.03. The lowest BCUT2D eigenvalue weighted by molar-refractivity contribution is -0.552. The molecule has 7 nitrogen and oxygen atoms in total. The molecule has 0 aromatic heterocycles. The van der Waals surface area contributed by atoms with Gasteiger partial charge in [0.1, 0.15) is 18.9 Å². The zero-order valence-corrected chi connectivity index (χ0v) is 18.0. The van der Waals surface area contributed by atoms with Gasteiger partial charge in [-0.25, -0.2) is 13.8 Å². The predicted octanol–water partition coefficient (Wildman–Crippen LogP) is 2.02. The van der Waals surface area contributed by atoms with Crippen molar-refractivity contribution in [3.05, 3.63) is 35.6 Å². The van der Waals surface area contributed by atoms with Crippen LogP contribution in [0.1, 0.15) is 25.8 Å². The van der Waals surface area contributed by atoms with Gasteiger partial charge in [-0.2, -0.15) is 0 Å². The summed E-state index contributed by atoms with van der Waals surface area (Å²) < 4.78 is 15.3. The Bertz CT molecular complexity index is 916. The molecule has 160 valence electrons. The number of likely N-dealkylation sites (tertiary alicyclic amines) is 1. The Morgan fingerprint density at radius 3 is 2.33 bits per heavy atom. The van der Waals surface area contributed by atoms with Gasteiger partial charge in [-0.15, -0.1) is 0 Å². The van der Waals surface area contributed by atoms with Crippen molar-refractivity contribution in [3.8, 4) is 0 Å². The number of carbonyl (C=O) groups excluding carboxylic acids is 2. The highest BCUT2D eigenvalue weighted by atomic mass is 19.1. The maximum Gasteiger partial charge on any atom is 0.333 e. The summed E-state index contributed by atoms with van der Waals surface area (Å²) in [4.78, 5) is 35.2. The molecule has 0 aliphatic carbocycles. The summed E-state index contributed by atoms with van der Waals surface area (Å²) in [5.74, 6) is 1.88. The van der Waals surface area contributed by atoms with E-state index in [1.54, 1.807) is 19.2 Å². The van der Waals surface area contributed by atoms with E-state index in [-0.39, 0.29) is 17.8 Å². The fraction of sp³-hybridized carbons (Fsp3) is 0.545. The maximum absolute atomic E-state index is 13.4. The SMILES string of the molecule is CC1CC(C)CN(CC2=[N+](Cc3ccc(F)cc3)C3C(=O)N(C)C(=O)N(C)C3=N2)C1. The third-order valence-electron chi connectivity index (χ3n) is 6.19. The second kappa shape index (κ2) is 7.91. The first-order chi connectivity index (χ1) is 14.2. The molecule has 0 N–H and O–H groups in total. The molecule has 1 aromatic carbocycles. The summed E-state index contributed by atoms with van der Waals surface area (Å²) in [5.41, 5.74) is 0.890. The number of nitrogens with zero attached hydrogens (tertiary/aromatic N) is 5. The molecule has 3 atom stereocenters. The molecule has 3 unspecified atom stereocenters. The van der Waals surface area contributed by atoms with Crippen LogP contribution in [0.5, 0.6) is 0 Å². The standard InChI is InChI=1S/C22H29FN5O2/c1-14-9-15(2)11-27(10-14)13-18-24-20-19(21(29)26(4)22(30)25(20)3)28(18)12-16-5-7-17(23)8-6-16/h5-8,14-15,19H,9-13H2,1-4H3/q+1. The lowest BCUT2D eigenvalue weighted by Crippen LogP contribution is -2.61. The Kier molecular flexibility index (Phi) is 5.44. The number of urea groups is 1. The number of piperidine rings is 1. The van der Waals surface area contributed by atoms with Gasteiger partial charge in [0.05, 0.1) is 0 Å². The number of halogens is 1. The number of fused-ring (bicyclic) bond motifs is 1. The monoisotopic (exact) mass is 414 g/mol. The highest BCUT2D eigenvalue weighted by Crippen LogP contribution is 2.24. The number of imide groups is 1. The second-order valence-corrected chi connectivity index (χ2v) is 8.92. The van der Waals surface area contributed by atoms with E-state index >= 15 is 0 Å². The molecule has 0 spiro atoms.